The van der Waals surface area contributed by atoms with Crippen LogP contribution in [0.15, 0.2) is 36.5 Å². The number of hydrogen-bond donors (Lipinski definition) is 1. The molecule has 0 radical (unpaired) electrons. The van der Waals surface area contributed by atoms with Crippen LogP contribution >= 0.6 is 0 Å². The fourth-order valence-electron chi connectivity index (χ4n) is 3.72. The topological polar surface area (TPSA) is 71.9 Å². The van der Waals surface area contributed by atoms with Crippen molar-refractivity contribution in [3.05, 3.63) is 53.3 Å². The first-order valence-corrected chi connectivity index (χ1v) is 9.18. The van der Waals surface area contributed by atoms with Gasteiger partial charge in [-0.3, -0.25) is 14.7 Å². The van der Waals surface area contributed by atoms with E-state index in [9.17, 15) is 9.90 Å². The first-order valence-electron chi connectivity index (χ1n) is 9.18. The third-order valence-electron chi connectivity index (χ3n) is 5.10. The number of pyridine rings is 1. The maximum absolute atomic E-state index is 11.9. The number of carboxylic acids is 1. The Morgan fingerprint density at radius 3 is 2.59 bits per heavy atom. The molecule has 0 amide bonds. The van der Waals surface area contributed by atoms with E-state index in [1.54, 1.807) is 14.2 Å². The van der Waals surface area contributed by atoms with Gasteiger partial charge in [-0.15, -0.1) is 0 Å². The number of likely N-dealkylation sites (tertiary alicyclic amines) is 1. The van der Waals surface area contributed by atoms with Crippen molar-refractivity contribution >= 4 is 5.97 Å². The van der Waals surface area contributed by atoms with Crippen molar-refractivity contribution < 1.29 is 19.4 Å². The highest BCUT2D eigenvalue weighted by Gasteiger charge is 2.36. The van der Waals surface area contributed by atoms with E-state index in [2.05, 4.69) is 4.98 Å². The zero-order valence-electron chi connectivity index (χ0n) is 16.0. The van der Waals surface area contributed by atoms with Crippen LogP contribution in [0.25, 0.3) is 0 Å². The molecule has 2 heterocycles. The molecule has 1 fully saturated rings. The summed E-state index contributed by atoms with van der Waals surface area (Å²) in [6, 6.07) is 8.93. The zero-order chi connectivity index (χ0) is 19.4. The molecule has 0 aliphatic carbocycles. The summed E-state index contributed by atoms with van der Waals surface area (Å²) in [6.45, 7) is 2.70. The first-order chi connectivity index (χ1) is 13.0. The van der Waals surface area contributed by atoms with E-state index in [0.717, 1.165) is 29.7 Å². The van der Waals surface area contributed by atoms with Gasteiger partial charge in [-0.1, -0.05) is 18.6 Å². The predicted octanol–water partition coefficient (Wildman–Crippen LogP) is 3.44. The van der Waals surface area contributed by atoms with Crippen LogP contribution in [0.4, 0.5) is 0 Å². The van der Waals surface area contributed by atoms with Crippen molar-refractivity contribution in [1.29, 1.82) is 0 Å². The molecule has 0 bridgehead atoms. The lowest BCUT2D eigenvalue weighted by Crippen LogP contribution is -2.47. The summed E-state index contributed by atoms with van der Waals surface area (Å²) in [5.74, 6) is 0.480. The van der Waals surface area contributed by atoms with Gasteiger partial charge in [0.05, 0.1) is 26.0 Å². The Kier molecular flexibility index (Phi) is 5.96. The minimum atomic E-state index is -0.785. The highest BCUT2D eigenvalue weighted by molar-refractivity contribution is 5.73. The second-order valence-corrected chi connectivity index (χ2v) is 6.87. The van der Waals surface area contributed by atoms with E-state index >= 15 is 0 Å². The number of piperidine rings is 1. The fourth-order valence-corrected chi connectivity index (χ4v) is 3.72. The number of nitrogens with zero attached hydrogens (tertiary/aromatic N) is 2. The summed E-state index contributed by atoms with van der Waals surface area (Å²) in [7, 11) is 3.20. The van der Waals surface area contributed by atoms with Crippen LogP contribution in [0.2, 0.25) is 0 Å². The SMILES string of the molecule is COc1ccc(C(c2ccc(C)cn2)N2CCCCC2C(=O)O)cc1OC. The van der Waals surface area contributed by atoms with Crippen LogP contribution < -0.4 is 9.47 Å². The summed E-state index contributed by atoms with van der Waals surface area (Å²) >= 11 is 0. The van der Waals surface area contributed by atoms with Gasteiger partial charge in [0.15, 0.2) is 11.5 Å². The second-order valence-electron chi connectivity index (χ2n) is 6.87. The zero-order valence-corrected chi connectivity index (χ0v) is 16.0. The molecule has 2 aromatic rings. The largest absolute Gasteiger partial charge is 0.493 e. The average molecular weight is 370 g/mol. The van der Waals surface area contributed by atoms with Crippen molar-refractivity contribution in [1.82, 2.24) is 9.88 Å². The monoisotopic (exact) mass is 370 g/mol. The highest BCUT2D eigenvalue weighted by Crippen LogP contribution is 2.37. The summed E-state index contributed by atoms with van der Waals surface area (Å²) in [4.78, 5) is 18.6. The van der Waals surface area contributed by atoms with Gasteiger partial charge in [0, 0.05) is 6.20 Å². The maximum Gasteiger partial charge on any atom is 0.320 e. The minimum absolute atomic E-state index is 0.258. The van der Waals surface area contributed by atoms with E-state index in [0.29, 0.717) is 24.5 Å². The molecular weight excluding hydrogens is 344 g/mol. The number of carbonyl (C=O) groups is 1. The number of ether oxygens (including phenoxy) is 2. The van der Waals surface area contributed by atoms with Crippen LogP contribution in [-0.4, -0.2) is 47.8 Å². The molecule has 1 N–H and O–H groups in total. The molecule has 0 spiro atoms. The molecule has 6 nitrogen and oxygen atoms in total. The summed E-state index contributed by atoms with van der Waals surface area (Å²) in [6.07, 6.45) is 4.36. The highest BCUT2D eigenvalue weighted by atomic mass is 16.5. The Labute approximate surface area is 159 Å². The molecule has 6 heteroatoms. The van der Waals surface area contributed by atoms with Crippen LogP contribution in [0, 0.1) is 6.92 Å². The molecule has 1 aliphatic rings. The molecule has 2 atom stereocenters. The van der Waals surface area contributed by atoms with Gasteiger partial charge in [-0.2, -0.15) is 0 Å². The van der Waals surface area contributed by atoms with Gasteiger partial charge in [0.1, 0.15) is 6.04 Å². The maximum atomic E-state index is 11.9. The van der Waals surface area contributed by atoms with Crippen molar-refractivity contribution in [2.75, 3.05) is 20.8 Å². The number of rotatable bonds is 6. The average Bonchev–Trinajstić information content (AvgIpc) is 2.69. The lowest BCUT2D eigenvalue weighted by Gasteiger charge is -2.39. The van der Waals surface area contributed by atoms with Crippen molar-refractivity contribution in [2.45, 2.75) is 38.3 Å². The summed E-state index contributed by atoms with van der Waals surface area (Å²) in [5.41, 5.74) is 2.84. The number of hydrogen-bond acceptors (Lipinski definition) is 5. The molecule has 1 aromatic carbocycles. The minimum Gasteiger partial charge on any atom is -0.493 e. The van der Waals surface area contributed by atoms with E-state index < -0.39 is 12.0 Å². The third kappa shape index (κ3) is 4.06. The van der Waals surface area contributed by atoms with Gasteiger partial charge < -0.3 is 14.6 Å². The number of carboxylic acid groups (broad SMARTS) is 1. The number of methoxy groups -OCH3 is 2. The van der Waals surface area contributed by atoms with Crippen molar-refractivity contribution in [3.8, 4) is 11.5 Å². The number of aryl methyl sites for hydroxylation is 1. The molecule has 144 valence electrons. The number of benzene rings is 1. The standard InChI is InChI=1S/C21H26N2O4/c1-14-7-9-16(22-13-14)20(23-11-5-4-6-17(23)21(24)25)15-8-10-18(26-2)19(12-15)27-3/h7-10,12-13,17,20H,4-6,11H2,1-3H3,(H,24,25). The summed E-state index contributed by atoms with van der Waals surface area (Å²) < 4.78 is 10.8. The molecule has 1 saturated heterocycles. The van der Waals surface area contributed by atoms with Crippen LogP contribution in [0.5, 0.6) is 11.5 Å². The van der Waals surface area contributed by atoms with Crippen molar-refractivity contribution in [2.24, 2.45) is 0 Å². The van der Waals surface area contributed by atoms with Gasteiger partial charge in [-0.25, -0.2) is 0 Å². The molecule has 27 heavy (non-hydrogen) atoms. The van der Waals surface area contributed by atoms with Crippen LogP contribution in [0.3, 0.4) is 0 Å². The van der Waals surface area contributed by atoms with Crippen molar-refractivity contribution in [3.63, 3.8) is 0 Å². The molecule has 2 unspecified atom stereocenters. The molecular formula is C21H26N2O4. The lowest BCUT2D eigenvalue weighted by molar-refractivity contribution is -0.145. The Morgan fingerprint density at radius 2 is 1.96 bits per heavy atom. The van der Waals surface area contributed by atoms with E-state index in [1.165, 1.54) is 0 Å². The molecule has 1 aromatic heterocycles. The first kappa shape index (κ1) is 19.2. The third-order valence-corrected chi connectivity index (χ3v) is 5.10. The van der Waals surface area contributed by atoms with E-state index in [-0.39, 0.29) is 6.04 Å². The normalized spacial score (nSPS) is 18.7. The predicted molar refractivity (Wildman–Crippen MR) is 102 cm³/mol. The Bertz CT molecular complexity index is 791. The number of aromatic nitrogens is 1. The smallest absolute Gasteiger partial charge is 0.320 e. The molecule has 0 saturated carbocycles. The fraction of sp³-hybridized carbons (Fsp3) is 0.429. The summed E-state index contributed by atoms with van der Waals surface area (Å²) in [5, 5.41) is 9.77. The van der Waals surface area contributed by atoms with E-state index in [4.69, 9.17) is 9.47 Å². The Morgan fingerprint density at radius 1 is 1.19 bits per heavy atom. The van der Waals surface area contributed by atoms with Gasteiger partial charge >= 0.3 is 5.97 Å². The van der Waals surface area contributed by atoms with Gasteiger partial charge in [0.2, 0.25) is 0 Å². The van der Waals surface area contributed by atoms with Gasteiger partial charge in [-0.05, 0) is 55.6 Å². The van der Waals surface area contributed by atoms with E-state index in [1.807, 2.05) is 48.4 Å². The second kappa shape index (κ2) is 8.39. The van der Waals surface area contributed by atoms with Gasteiger partial charge in [0.25, 0.3) is 0 Å². The molecule has 3 rings (SSSR count). The quantitative estimate of drug-likeness (QED) is 0.840. The molecule has 1 aliphatic heterocycles. The Hall–Kier alpha value is -2.60. The lowest BCUT2D eigenvalue weighted by atomic mass is 9.93. The Balaban J connectivity index is 2.10. The van der Waals surface area contributed by atoms with Crippen LogP contribution in [0.1, 0.15) is 42.1 Å². The van der Waals surface area contributed by atoms with Crippen LogP contribution in [-0.2, 0) is 4.79 Å². The number of aliphatic carboxylic acids is 1.